The van der Waals surface area contributed by atoms with Crippen molar-refractivity contribution < 1.29 is 9.90 Å². The molecule has 4 heteroatoms. The van der Waals surface area contributed by atoms with Crippen LogP contribution in [-0.2, 0) is 6.61 Å². The fourth-order valence-corrected chi connectivity index (χ4v) is 1.22. The summed E-state index contributed by atoms with van der Waals surface area (Å²) in [5, 5.41) is 8.88. The maximum absolute atomic E-state index is 11.2. The van der Waals surface area contributed by atoms with Crippen LogP contribution in [0.25, 0.3) is 0 Å². The van der Waals surface area contributed by atoms with Crippen molar-refractivity contribution in [3.05, 3.63) is 35.4 Å². The molecule has 0 aliphatic heterocycles. The number of nitrogens with one attached hydrogen (secondary N) is 1. The van der Waals surface area contributed by atoms with Crippen molar-refractivity contribution in [1.29, 1.82) is 0 Å². The van der Waals surface area contributed by atoms with E-state index in [1.165, 1.54) is 0 Å². The summed E-state index contributed by atoms with van der Waals surface area (Å²) in [6.45, 7) is -0.111. The van der Waals surface area contributed by atoms with Crippen LogP contribution in [0.1, 0.15) is 15.9 Å². The molecule has 0 fully saturated rings. The van der Waals surface area contributed by atoms with Crippen LogP contribution in [0, 0.1) is 0 Å². The number of hydrogen-bond donors (Lipinski definition) is 2. The van der Waals surface area contributed by atoms with E-state index in [9.17, 15) is 4.79 Å². The molecule has 1 rings (SSSR count). The Labute approximate surface area is 84.3 Å². The van der Waals surface area contributed by atoms with Gasteiger partial charge >= 0.3 is 0 Å². The highest BCUT2D eigenvalue weighted by Crippen LogP contribution is 2.08. The van der Waals surface area contributed by atoms with Crippen molar-refractivity contribution in [2.75, 3.05) is 0 Å². The van der Waals surface area contributed by atoms with Gasteiger partial charge in [0.2, 0.25) is 0 Å². The number of hydrogen-bond acceptors (Lipinski definition) is 2. The second-order valence-corrected chi connectivity index (χ2v) is 2.78. The number of aliphatic hydroxyl groups is 1. The van der Waals surface area contributed by atoms with Crippen molar-refractivity contribution >= 4 is 28.8 Å². The predicted octanol–water partition coefficient (Wildman–Crippen LogP) is 1.26. The van der Waals surface area contributed by atoms with Gasteiger partial charge in [-0.05, 0) is 11.6 Å². The number of benzene rings is 1. The Morgan fingerprint density at radius 1 is 1.50 bits per heavy atom. The van der Waals surface area contributed by atoms with Gasteiger partial charge in [0.05, 0.1) is 29.5 Å². The zero-order valence-electron chi connectivity index (χ0n) is 6.25. The van der Waals surface area contributed by atoms with Crippen LogP contribution in [0.5, 0.6) is 0 Å². The molecule has 3 nitrogen and oxygen atoms in total. The number of amides is 1. The molecule has 0 heterocycles. The van der Waals surface area contributed by atoms with Gasteiger partial charge in [0.25, 0.3) is 5.91 Å². The highest BCUT2D eigenvalue weighted by molar-refractivity contribution is 14.1. The third-order valence-electron chi connectivity index (χ3n) is 1.52. The normalized spacial score (nSPS) is 9.50. The Bertz CT molecular complexity index is 288. The summed E-state index contributed by atoms with van der Waals surface area (Å²) in [6, 6.07) is 6.96. The molecule has 1 amide bonds. The highest BCUT2D eigenvalue weighted by Gasteiger charge is 2.07. The second-order valence-electron chi connectivity index (χ2n) is 2.24. The standard InChI is InChI=1S/C8H8INO2/c9-10-8(12)7-4-2-1-3-6(7)5-11/h1-4,11H,5H2,(H,10,12). The number of halogens is 1. The van der Waals surface area contributed by atoms with E-state index in [1.54, 1.807) is 47.1 Å². The zero-order chi connectivity index (χ0) is 8.97. The minimum absolute atomic E-state index is 0.111. The van der Waals surface area contributed by atoms with Crippen LogP contribution >= 0.6 is 22.9 Å². The molecule has 1 aromatic carbocycles. The molecule has 1 aromatic rings. The summed E-state index contributed by atoms with van der Waals surface area (Å²) in [6.07, 6.45) is 0. The van der Waals surface area contributed by atoms with Gasteiger partial charge < -0.3 is 5.11 Å². The molecule has 2 N–H and O–H groups in total. The Hall–Kier alpha value is -0.620. The molecule has 0 saturated carbocycles. The van der Waals surface area contributed by atoms with Gasteiger partial charge in [0.1, 0.15) is 0 Å². The maximum atomic E-state index is 11.2. The lowest BCUT2D eigenvalue weighted by Crippen LogP contribution is -2.13. The number of aliphatic hydroxyl groups excluding tert-OH is 1. The van der Waals surface area contributed by atoms with Crippen molar-refractivity contribution in [2.45, 2.75) is 6.61 Å². The molecule has 0 unspecified atom stereocenters. The van der Waals surface area contributed by atoms with Gasteiger partial charge in [-0.3, -0.25) is 8.32 Å². The van der Waals surface area contributed by atoms with Crippen molar-refractivity contribution in [1.82, 2.24) is 3.53 Å². The third kappa shape index (κ3) is 1.95. The van der Waals surface area contributed by atoms with Gasteiger partial charge in [0, 0.05) is 5.56 Å². The Morgan fingerprint density at radius 2 is 2.17 bits per heavy atom. The number of carbonyl (C=O) groups is 1. The highest BCUT2D eigenvalue weighted by atomic mass is 127. The maximum Gasteiger partial charge on any atom is 0.260 e. The second kappa shape index (κ2) is 4.42. The monoisotopic (exact) mass is 277 g/mol. The molecule has 0 radical (unpaired) electrons. The van der Waals surface area contributed by atoms with Gasteiger partial charge in [-0.2, -0.15) is 0 Å². The summed E-state index contributed by atoms with van der Waals surface area (Å²) in [7, 11) is 0. The van der Waals surface area contributed by atoms with E-state index >= 15 is 0 Å². The van der Waals surface area contributed by atoms with Gasteiger partial charge in [0.15, 0.2) is 0 Å². The Balaban J connectivity index is 3.04. The molecular formula is C8H8INO2. The molecule has 0 atom stereocenters. The van der Waals surface area contributed by atoms with Crippen LogP contribution in [0.3, 0.4) is 0 Å². The van der Waals surface area contributed by atoms with E-state index in [0.717, 1.165) is 0 Å². The van der Waals surface area contributed by atoms with E-state index in [1.807, 2.05) is 0 Å². The van der Waals surface area contributed by atoms with E-state index in [0.29, 0.717) is 11.1 Å². The van der Waals surface area contributed by atoms with Gasteiger partial charge in [-0.15, -0.1) is 0 Å². The predicted molar refractivity (Wildman–Crippen MR) is 53.9 cm³/mol. The molecule has 64 valence electrons. The van der Waals surface area contributed by atoms with E-state index in [4.69, 9.17) is 5.11 Å². The molecule has 12 heavy (non-hydrogen) atoms. The lowest BCUT2D eigenvalue weighted by Gasteiger charge is -2.03. The van der Waals surface area contributed by atoms with Crippen molar-refractivity contribution in [3.8, 4) is 0 Å². The SMILES string of the molecule is O=C(NI)c1ccccc1CO. The fraction of sp³-hybridized carbons (Fsp3) is 0.125. The van der Waals surface area contributed by atoms with E-state index in [-0.39, 0.29) is 12.5 Å². The molecule has 0 aromatic heterocycles. The minimum Gasteiger partial charge on any atom is -0.392 e. The van der Waals surface area contributed by atoms with E-state index in [2.05, 4.69) is 3.53 Å². The Kier molecular flexibility index (Phi) is 3.48. The number of carbonyl (C=O) groups excluding carboxylic acids is 1. The average Bonchev–Trinajstić information content (AvgIpc) is 2.16. The summed E-state index contributed by atoms with van der Waals surface area (Å²) in [5.74, 6) is -0.180. The lowest BCUT2D eigenvalue weighted by molar-refractivity contribution is 0.0986. The number of rotatable bonds is 2. The smallest absolute Gasteiger partial charge is 0.260 e. The molecule has 0 aliphatic rings. The Morgan fingerprint density at radius 3 is 2.75 bits per heavy atom. The minimum atomic E-state index is -0.180. The lowest BCUT2D eigenvalue weighted by atomic mass is 10.1. The van der Waals surface area contributed by atoms with Gasteiger partial charge in [-0.1, -0.05) is 18.2 Å². The molecular weight excluding hydrogens is 269 g/mol. The van der Waals surface area contributed by atoms with Crippen LogP contribution in [-0.4, -0.2) is 11.0 Å². The molecule has 0 spiro atoms. The summed E-state index contributed by atoms with van der Waals surface area (Å²) < 4.78 is 2.48. The average molecular weight is 277 g/mol. The van der Waals surface area contributed by atoms with Crippen LogP contribution in [0.4, 0.5) is 0 Å². The van der Waals surface area contributed by atoms with Crippen LogP contribution in [0.2, 0.25) is 0 Å². The zero-order valence-corrected chi connectivity index (χ0v) is 8.41. The summed E-state index contributed by atoms with van der Waals surface area (Å²) in [5.41, 5.74) is 1.17. The fourth-order valence-electron chi connectivity index (χ4n) is 0.931. The first-order valence-electron chi connectivity index (χ1n) is 3.39. The molecule has 0 bridgehead atoms. The molecule has 0 aliphatic carbocycles. The topological polar surface area (TPSA) is 49.3 Å². The first-order valence-corrected chi connectivity index (χ1v) is 4.47. The van der Waals surface area contributed by atoms with E-state index < -0.39 is 0 Å². The van der Waals surface area contributed by atoms with Crippen LogP contribution in [0.15, 0.2) is 24.3 Å². The quantitative estimate of drug-likeness (QED) is 0.631. The summed E-state index contributed by atoms with van der Waals surface area (Å²) in [4.78, 5) is 11.2. The first-order chi connectivity index (χ1) is 5.79. The van der Waals surface area contributed by atoms with Crippen molar-refractivity contribution in [2.24, 2.45) is 0 Å². The van der Waals surface area contributed by atoms with Crippen LogP contribution < -0.4 is 3.53 Å². The van der Waals surface area contributed by atoms with Gasteiger partial charge in [-0.25, -0.2) is 0 Å². The first kappa shape index (κ1) is 9.47. The largest absolute Gasteiger partial charge is 0.392 e. The third-order valence-corrected chi connectivity index (χ3v) is 2.01. The van der Waals surface area contributed by atoms with Crippen molar-refractivity contribution in [3.63, 3.8) is 0 Å². The summed E-state index contributed by atoms with van der Waals surface area (Å²) >= 11 is 1.77. The molecule has 0 saturated heterocycles.